The molecule has 0 bridgehead atoms. The Hall–Kier alpha value is -3.84. The highest BCUT2D eigenvalue weighted by Gasteiger charge is 2.20. The number of pyridine rings is 1. The van der Waals surface area contributed by atoms with Gasteiger partial charge in [0, 0.05) is 18.2 Å². The molecule has 1 aliphatic rings. The number of hydrogen-bond donors (Lipinski definition) is 2. The third-order valence-electron chi connectivity index (χ3n) is 4.43. The zero-order valence-electron chi connectivity index (χ0n) is 16.2. The van der Waals surface area contributed by atoms with Crippen molar-refractivity contribution in [3.05, 3.63) is 96.1 Å². The number of aromatic nitrogens is 1. The lowest BCUT2D eigenvalue weighted by atomic mass is 10.1. The van der Waals surface area contributed by atoms with Gasteiger partial charge in [0.15, 0.2) is 0 Å². The van der Waals surface area contributed by atoms with E-state index in [4.69, 9.17) is 20.0 Å². The normalized spacial score (nSPS) is 15.2. The Bertz CT molecular complexity index is 1020. The minimum absolute atomic E-state index is 0.268. The van der Waals surface area contributed by atoms with Gasteiger partial charge in [-0.3, -0.25) is 14.6 Å². The third-order valence-corrected chi connectivity index (χ3v) is 4.43. The van der Waals surface area contributed by atoms with Crippen LogP contribution in [0.4, 0.5) is 0 Å². The van der Waals surface area contributed by atoms with Crippen molar-refractivity contribution < 1.29 is 19.1 Å². The Balaban J connectivity index is 1.34. The second kappa shape index (κ2) is 9.11. The van der Waals surface area contributed by atoms with Crippen LogP contribution in [0.3, 0.4) is 0 Å². The van der Waals surface area contributed by atoms with Crippen molar-refractivity contribution in [2.75, 3.05) is 0 Å². The van der Waals surface area contributed by atoms with Crippen LogP contribution in [-0.2, 0) is 16.1 Å². The summed E-state index contributed by atoms with van der Waals surface area (Å²) in [5, 5.41) is 0. The maximum absolute atomic E-state index is 10.9. The van der Waals surface area contributed by atoms with Gasteiger partial charge in [-0.1, -0.05) is 30.3 Å². The molecule has 7 nitrogen and oxygen atoms in total. The molecule has 0 unspecified atom stereocenters. The molecule has 0 saturated carbocycles. The highest BCUT2D eigenvalue weighted by Crippen LogP contribution is 2.28. The number of amides is 1. The van der Waals surface area contributed by atoms with Crippen molar-refractivity contribution in [1.82, 2.24) is 10.5 Å². The quantitative estimate of drug-likeness (QED) is 0.594. The molecule has 0 radical (unpaired) electrons. The lowest BCUT2D eigenvalue weighted by Gasteiger charge is -2.09. The average Bonchev–Trinajstić information content (AvgIpc) is 3.23. The Kier molecular flexibility index (Phi) is 5.91. The molecular weight excluding hydrogens is 382 g/mol. The number of ether oxygens (including phenoxy) is 2. The van der Waals surface area contributed by atoms with E-state index in [-0.39, 0.29) is 18.4 Å². The van der Waals surface area contributed by atoms with E-state index in [1.807, 2.05) is 60.7 Å². The molecule has 3 aromatic rings. The van der Waals surface area contributed by atoms with Gasteiger partial charge in [0.25, 0.3) is 0 Å². The maximum atomic E-state index is 10.9. The lowest BCUT2D eigenvalue weighted by molar-refractivity contribution is -0.118. The summed E-state index contributed by atoms with van der Waals surface area (Å²) < 4.78 is 11.6. The summed E-state index contributed by atoms with van der Waals surface area (Å²) in [7, 11) is 0. The van der Waals surface area contributed by atoms with Gasteiger partial charge in [0.05, 0.1) is 6.20 Å². The van der Waals surface area contributed by atoms with E-state index in [0.717, 1.165) is 22.8 Å². The molecule has 4 rings (SSSR count). The zero-order chi connectivity index (χ0) is 20.8. The van der Waals surface area contributed by atoms with Crippen LogP contribution in [0.15, 0.2) is 84.9 Å². The second-order valence-corrected chi connectivity index (χ2v) is 6.71. The largest absolute Gasteiger partial charge is 0.457 e. The standard InChI is InChI=1S/C23H21N3O4/c24-22(27)13-9-17-8-12-20(15-25-17)29-23-14-21(30-26-23)16-6-10-19(11-7-16)28-18-4-2-1-3-5-18/h1-8,10-12,14-15,21,26H,9,13H2,(H2,24,27)/t21-/m1/s1. The van der Waals surface area contributed by atoms with Crippen molar-refractivity contribution >= 4 is 5.91 Å². The first-order chi connectivity index (χ1) is 14.7. The highest BCUT2D eigenvalue weighted by atomic mass is 16.7. The first-order valence-corrected chi connectivity index (χ1v) is 9.53. The summed E-state index contributed by atoms with van der Waals surface area (Å²) in [5.74, 6) is 2.23. The number of para-hydroxylation sites is 1. The number of primary amides is 1. The molecule has 1 atom stereocenters. The number of nitrogens with one attached hydrogen (secondary N) is 1. The summed E-state index contributed by atoms with van der Waals surface area (Å²) in [4.78, 5) is 20.7. The van der Waals surface area contributed by atoms with Crippen LogP contribution in [0, 0.1) is 0 Å². The highest BCUT2D eigenvalue weighted by molar-refractivity contribution is 5.73. The van der Waals surface area contributed by atoms with Gasteiger partial charge in [-0.2, -0.15) is 0 Å². The predicted octanol–water partition coefficient (Wildman–Crippen LogP) is 3.79. The fourth-order valence-corrected chi connectivity index (χ4v) is 2.89. The summed E-state index contributed by atoms with van der Waals surface area (Å²) in [5.41, 5.74) is 9.68. The number of carbonyl (C=O) groups excluding carboxylic acids is 1. The Labute approximate surface area is 174 Å². The topological polar surface area (TPSA) is 95.7 Å². The van der Waals surface area contributed by atoms with Crippen molar-refractivity contribution in [1.29, 1.82) is 0 Å². The number of hydrogen-bond acceptors (Lipinski definition) is 6. The Morgan fingerprint density at radius 2 is 1.70 bits per heavy atom. The van der Waals surface area contributed by atoms with E-state index < -0.39 is 0 Å². The maximum Gasteiger partial charge on any atom is 0.217 e. The van der Waals surface area contributed by atoms with Crippen molar-refractivity contribution in [2.45, 2.75) is 18.9 Å². The minimum Gasteiger partial charge on any atom is -0.457 e. The van der Waals surface area contributed by atoms with E-state index in [9.17, 15) is 4.79 Å². The van der Waals surface area contributed by atoms with Gasteiger partial charge in [0.2, 0.25) is 11.8 Å². The summed E-state index contributed by atoms with van der Waals surface area (Å²) >= 11 is 0. The summed E-state index contributed by atoms with van der Waals surface area (Å²) in [6.45, 7) is 0. The molecule has 1 aliphatic heterocycles. The van der Waals surface area contributed by atoms with Gasteiger partial charge in [-0.25, -0.2) is 5.48 Å². The third kappa shape index (κ3) is 5.15. The van der Waals surface area contributed by atoms with Crippen LogP contribution < -0.4 is 20.7 Å². The van der Waals surface area contributed by atoms with Crippen LogP contribution >= 0.6 is 0 Å². The molecule has 3 N–H and O–H groups in total. The molecule has 0 saturated heterocycles. The van der Waals surface area contributed by atoms with Gasteiger partial charge in [-0.05, 0) is 48.4 Å². The summed E-state index contributed by atoms with van der Waals surface area (Å²) in [6, 6.07) is 20.9. The van der Waals surface area contributed by atoms with Crippen molar-refractivity contribution in [2.24, 2.45) is 5.73 Å². The first-order valence-electron chi connectivity index (χ1n) is 9.53. The fraction of sp³-hybridized carbons (Fsp3) is 0.130. The number of carbonyl (C=O) groups is 1. The van der Waals surface area contributed by atoms with Crippen LogP contribution in [0.5, 0.6) is 17.2 Å². The van der Waals surface area contributed by atoms with Gasteiger partial charge >= 0.3 is 0 Å². The predicted molar refractivity (Wildman–Crippen MR) is 110 cm³/mol. The molecule has 2 heterocycles. The average molecular weight is 403 g/mol. The number of aryl methyl sites for hydroxylation is 1. The molecule has 0 spiro atoms. The van der Waals surface area contributed by atoms with E-state index in [0.29, 0.717) is 18.1 Å². The molecular formula is C23H21N3O4. The second-order valence-electron chi connectivity index (χ2n) is 6.71. The molecule has 0 aliphatic carbocycles. The monoisotopic (exact) mass is 403 g/mol. The van der Waals surface area contributed by atoms with E-state index >= 15 is 0 Å². The number of nitrogens with zero attached hydrogens (tertiary/aromatic N) is 1. The first kappa shape index (κ1) is 19.5. The summed E-state index contributed by atoms with van der Waals surface area (Å²) in [6.07, 6.45) is 3.93. The van der Waals surface area contributed by atoms with Crippen LogP contribution in [0.1, 0.15) is 23.8 Å². The molecule has 7 heteroatoms. The van der Waals surface area contributed by atoms with Gasteiger partial charge < -0.3 is 15.2 Å². The molecule has 30 heavy (non-hydrogen) atoms. The van der Waals surface area contributed by atoms with Crippen LogP contribution in [-0.4, -0.2) is 10.9 Å². The Morgan fingerprint density at radius 1 is 0.967 bits per heavy atom. The molecule has 1 amide bonds. The van der Waals surface area contributed by atoms with Crippen LogP contribution in [0.2, 0.25) is 0 Å². The number of nitrogens with two attached hydrogens (primary N) is 1. The van der Waals surface area contributed by atoms with Crippen LogP contribution in [0.25, 0.3) is 0 Å². The van der Waals surface area contributed by atoms with Crippen molar-refractivity contribution in [3.8, 4) is 17.2 Å². The van der Waals surface area contributed by atoms with Gasteiger partial charge in [-0.15, -0.1) is 0 Å². The molecule has 1 aromatic heterocycles. The van der Waals surface area contributed by atoms with E-state index in [1.165, 1.54) is 0 Å². The molecule has 152 valence electrons. The molecule has 0 fully saturated rings. The van der Waals surface area contributed by atoms with Gasteiger partial charge in [0.1, 0.15) is 23.4 Å². The number of rotatable bonds is 8. The SMILES string of the molecule is NC(=O)CCc1ccc(OC2=C[C@H](c3ccc(Oc4ccccc4)cc3)ON2)cn1. The lowest BCUT2D eigenvalue weighted by Crippen LogP contribution is -2.13. The number of hydroxylamine groups is 1. The van der Waals surface area contributed by atoms with E-state index in [1.54, 1.807) is 18.3 Å². The van der Waals surface area contributed by atoms with E-state index in [2.05, 4.69) is 10.5 Å². The van der Waals surface area contributed by atoms with Crippen molar-refractivity contribution in [3.63, 3.8) is 0 Å². The minimum atomic E-state index is -0.347. The number of benzene rings is 2. The smallest absolute Gasteiger partial charge is 0.217 e. The molecule has 2 aromatic carbocycles. The fourth-order valence-electron chi connectivity index (χ4n) is 2.89. The zero-order valence-corrected chi connectivity index (χ0v) is 16.2. The Morgan fingerprint density at radius 3 is 2.40 bits per heavy atom.